The fraction of sp³-hybridized carbons (Fsp3) is 0.125. The Morgan fingerprint density at radius 3 is 2.21 bits per heavy atom. The van der Waals surface area contributed by atoms with E-state index < -0.39 is 18.0 Å². The first kappa shape index (κ1) is 18.8. The Balaban J connectivity index is 0.000000272. The van der Waals surface area contributed by atoms with Crippen molar-refractivity contribution in [2.75, 3.05) is 5.73 Å². The topological polar surface area (TPSA) is 157 Å². The maximum absolute atomic E-state index is 11.6. The average Bonchev–Trinajstić information content (AvgIpc) is 2.56. The largest absolute Gasteiger partial charge is 0.480 e. The van der Waals surface area contributed by atoms with Gasteiger partial charge in [-0.25, -0.2) is 4.79 Å². The predicted octanol–water partition coefficient (Wildman–Crippen LogP) is 1.03. The van der Waals surface area contributed by atoms with E-state index in [2.05, 4.69) is 4.98 Å². The van der Waals surface area contributed by atoms with Gasteiger partial charge in [0.05, 0.1) is 5.56 Å². The van der Waals surface area contributed by atoms with Crippen molar-refractivity contribution in [1.29, 1.82) is 0 Å². The smallest absolute Gasteiger partial charge is 0.337 e. The molecule has 0 bridgehead atoms. The number of aromatic nitrogens is 1. The number of carbonyl (C=O) groups is 3. The third-order valence-electron chi connectivity index (χ3n) is 2.89. The molecule has 0 aliphatic carbocycles. The Hall–Kier alpha value is -3.26. The van der Waals surface area contributed by atoms with Gasteiger partial charge in [0.1, 0.15) is 6.04 Å². The zero-order chi connectivity index (χ0) is 18.1. The number of nitrogens with zero attached hydrogens (tertiary/aromatic N) is 1. The number of rotatable bonds is 5. The van der Waals surface area contributed by atoms with Gasteiger partial charge in [-0.3, -0.25) is 14.6 Å². The molecule has 0 amide bonds. The van der Waals surface area contributed by atoms with Crippen LogP contribution >= 0.6 is 0 Å². The second-order valence-electron chi connectivity index (χ2n) is 4.71. The lowest BCUT2D eigenvalue weighted by Gasteiger charge is -2.07. The van der Waals surface area contributed by atoms with E-state index in [-0.39, 0.29) is 17.8 Å². The van der Waals surface area contributed by atoms with E-state index in [9.17, 15) is 14.4 Å². The lowest BCUT2D eigenvalue weighted by molar-refractivity contribution is -0.138. The van der Waals surface area contributed by atoms with Gasteiger partial charge in [0, 0.05) is 30.1 Å². The van der Waals surface area contributed by atoms with Crippen LogP contribution in [0, 0.1) is 0 Å². The zero-order valence-corrected chi connectivity index (χ0v) is 12.6. The summed E-state index contributed by atoms with van der Waals surface area (Å²) >= 11 is 0. The van der Waals surface area contributed by atoms with Crippen LogP contribution in [0.3, 0.4) is 0 Å². The highest BCUT2D eigenvalue weighted by Gasteiger charge is 2.18. The van der Waals surface area contributed by atoms with Crippen LogP contribution in [0.1, 0.15) is 27.1 Å². The summed E-state index contributed by atoms with van der Waals surface area (Å²) in [4.78, 5) is 35.8. The number of hydrogen-bond acceptors (Lipinski definition) is 6. The first-order valence-corrected chi connectivity index (χ1v) is 6.82. The predicted molar refractivity (Wildman–Crippen MR) is 86.6 cm³/mol. The van der Waals surface area contributed by atoms with Crippen molar-refractivity contribution in [1.82, 2.24) is 4.98 Å². The minimum atomic E-state index is -1.20. The summed E-state index contributed by atoms with van der Waals surface area (Å²) in [6.07, 6.45) is 2.60. The highest BCUT2D eigenvalue weighted by Crippen LogP contribution is 2.13. The number of benzene rings is 1. The average molecular weight is 331 g/mol. The number of Topliss-reactive ketones (excluding diaryl/α,β-unsaturated/α-hetero) is 1. The number of carboxylic acid groups (broad SMARTS) is 2. The van der Waals surface area contributed by atoms with Gasteiger partial charge in [-0.05, 0) is 24.3 Å². The van der Waals surface area contributed by atoms with Crippen LogP contribution in [-0.2, 0) is 4.79 Å². The van der Waals surface area contributed by atoms with Crippen LogP contribution in [0.2, 0.25) is 0 Å². The van der Waals surface area contributed by atoms with Gasteiger partial charge < -0.3 is 21.7 Å². The van der Waals surface area contributed by atoms with E-state index in [1.807, 2.05) is 0 Å². The van der Waals surface area contributed by atoms with Gasteiger partial charge in [0.15, 0.2) is 5.78 Å². The third-order valence-corrected chi connectivity index (χ3v) is 2.89. The van der Waals surface area contributed by atoms with E-state index >= 15 is 0 Å². The van der Waals surface area contributed by atoms with Crippen molar-refractivity contribution in [2.24, 2.45) is 5.73 Å². The molecule has 8 nitrogen and oxygen atoms in total. The molecule has 0 aliphatic rings. The summed E-state index contributed by atoms with van der Waals surface area (Å²) in [6.45, 7) is 0. The quantitative estimate of drug-likeness (QED) is 0.467. The number of pyridine rings is 1. The minimum Gasteiger partial charge on any atom is -0.480 e. The molecule has 0 unspecified atom stereocenters. The van der Waals surface area contributed by atoms with Gasteiger partial charge in [-0.1, -0.05) is 12.1 Å². The molecule has 1 aromatic carbocycles. The molecule has 0 saturated heterocycles. The molecule has 0 saturated carbocycles. The standard InChI is InChI=1S/C10H12N2O3.C6H5NO2/c11-7-4-2-1-3-6(7)9(13)5-8(12)10(14)15;8-6(9)5-2-1-3-7-4-5/h1-4,8H,5,11-12H2,(H,14,15);1-4H,(H,8,9)/t8-;/m0./s1. The molecule has 0 spiro atoms. The third kappa shape index (κ3) is 5.85. The van der Waals surface area contributed by atoms with Crippen molar-refractivity contribution < 1.29 is 24.6 Å². The number of nitrogens with two attached hydrogens (primary N) is 2. The number of anilines is 1. The van der Waals surface area contributed by atoms with Crippen molar-refractivity contribution in [3.05, 3.63) is 59.9 Å². The molecule has 126 valence electrons. The van der Waals surface area contributed by atoms with Gasteiger partial charge in [0.2, 0.25) is 0 Å². The van der Waals surface area contributed by atoms with E-state index in [4.69, 9.17) is 21.7 Å². The summed E-state index contributed by atoms with van der Waals surface area (Å²) in [5.41, 5.74) is 11.7. The van der Waals surface area contributed by atoms with Crippen molar-refractivity contribution in [3.8, 4) is 0 Å². The number of hydrogen-bond donors (Lipinski definition) is 4. The summed E-state index contributed by atoms with van der Waals surface area (Å²) in [5.74, 6) is -2.50. The second-order valence-corrected chi connectivity index (χ2v) is 4.71. The van der Waals surface area contributed by atoms with Gasteiger partial charge in [0.25, 0.3) is 0 Å². The molecule has 2 rings (SSSR count). The fourth-order valence-electron chi connectivity index (χ4n) is 1.64. The summed E-state index contributed by atoms with van der Waals surface area (Å²) in [5, 5.41) is 16.9. The number of aromatic carboxylic acids is 1. The fourth-order valence-corrected chi connectivity index (χ4v) is 1.64. The Kier molecular flexibility index (Phi) is 7.05. The SMILES string of the molecule is Nc1ccccc1C(=O)C[C@H](N)C(=O)O.O=C(O)c1cccnc1. The number of para-hydroxylation sites is 1. The number of carboxylic acids is 2. The van der Waals surface area contributed by atoms with E-state index in [1.54, 1.807) is 30.3 Å². The van der Waals surface area contributed by atoms with E-state index in [0.717, 1.165) is 0 Å². The molecule has 24 heavy (non-hydrogen) atoms. The van der Waals surface area contributed by atoms with E-state index in [0.29, 0.717) is 11.3 Å². The number of nitrogen functional groups attached to an aromatic ring is 1. The first-order valence-electron chi connectivity index (χ1n) is 6.82. The van der Waals surface area contributed by atoms with Crippen molar-refractivity contribution >= 4 is 23.4 Å². The van der Waals surface area contributed by atoms with Crippen LogP contribution in [0.25, 0.3) is 0 Å². The number of ketones is 1. The Bertz CT molecular complexity index is 719. The molecular weight excluding hydrogens is 314 g/mol. The minimum absolute atomic E-state index is 0.220. The molecular formula is C16H17N3O5. The molecule has 8 heteroatoms. The molecule has 1 atom stereocenters. The lowest BCUT2D eigenvalue weighted by atomic mass is 10.0. The van der Waals surface area contributed by atoms with E-state index in [1.165, 1.54) is 18.5 Å². The normalized spacial score (nSPS) is 10.9. The molecule has 2 aromatic rings. The van der Waals surface area contributed by atoms with Gasteiger partial charge in [-0.15, -0.1) is 0 Å². The summed E-state index contributed by atoms with van der Waals surface area (Å²) < 4.78 is 0. The monoisotopic (exact) mass is 331 g/mol. The van der Waals surface area contributed by atoms with Gasteiger partial charge in [-0.2, -0.15) is 0 Å². The van der Waals surface area contributed by atoms with Crippen LogP contribution < -0.4 is 11.5 Å². The van der Waals surface area contributed by atoms with Crippen molar-refractivity contribution in [3.63, 3.8) is 0 Å². The Labute approximate surface area is 137 Å². The maximum Gasteiger partial charge on any atom is 0.337 e. The molecule has 0 radical (unpaired) electrons. The highest BCUT2D eigenvalue weighted by molar-refractivity contribution is 6.02. The second kappa shape index (κ2) is 9.01. The molecule has 1 heterocycles. The van der Waals surface area contributed by atoms with Crippen molar-refractivity contribution in [2.45, 2.75) is 12.5 Å². The Morgan fingerprint density at radius 1 is 1.08 bits per heavy atom. The number of carbonyl (C=O) groups excluding carboxylic acids is 1. The molecule has 0 aliphatic heterocycles. The first-order chi connectivity index (χ1) is 11.3. The molecule has 0 fully saturated rings. The maximum atomic E-state index is 11.6. The van der Waals surface area contributed by atoms with Crippen LogP contribution in [-0.4, -0.2) is 39.0 Å². The lowest BCUT2D eigenvalue weighted by Crippen LogP contribution is -2.32. The zero-order valence-electron chi connectivity index (χ0n) is 12.6. The van der Waals surface area contributed by atoms with Crippen LogP contribution in [0.5, 0.6) is 0 Å². The molecule has 6 N–H and O–H groups in total. The highest BCUT2D eigenvalue weighted by atomic mass is 16.4. The van der Waals surface area contributed by atoms with Gasteiger partial charge >= 0.3 is 11.9 Å². The number of aliphatic carboxylic acids is 1. The van der Waals surface area contributed by atoms with Crippen LogP contribution in [0.15, 0.2) is 48.8 Å². The summed E-state index contributed by atoms with van der Waals surface area (Å²) in [7, 11) is 0. The Morgan fingerprint density at radius 2 is 1.75 bits per heavy atom. The van der Waals surface area contributed by atoms with Crippen LogP contribution in [0.4, 0.5) is 5.69 Å². The molecule has 1 aromatic heterocycles. The summed E-state index contributed by atoms with van der Waals surface area (Å²) in [6, 6.07) is 8.39.